The molecule has 2 aliphatic heterocycles. The Morgan fingerprint density at radius 2 is 2.00 bits per heavy atom. The van der Waals surface area contributed by atoms with Crippen molar-refractivity contribution in [1.29, 1.82) is 0 Å². The Morgan fingerprint density at radius 3 is 2.56 bits per heavy atom. The molecular weight excluding hydrogens is 196 g/mol. The van der Waals surface area contributed by atoms with Crippen molar-refractivity contribution >= 4 is 0 Å². The summed E-state index contributed by atoms with van der Waals surface area (Å²) in [5.41, 5.74) is 0.580. The number of nitrogens with zero attached hydrogens (tertiary/aromatic N) is 1. The van der Waals surface area contributed by atoms with Gasteiger partial charge in [0.2, 0.25) is 0 Å². The summed E-state index contributed by atoms with van der Waals surface area (Å²) in [7, 11) is 0. The molecule has 1 N–H and O–H groups in total. The van der Waals surface area contributed by atoms with Crippen molar-refractivity contribution in [2.75, 3.05) is 32.7 Å². The SMILES string of the molecule is CC(C)C1CCN(CC2(C)CCNCC2)C1. The molecule has 94 valence electrons. The van der Waals surface area contributed by atoms with Crippen LogP contribution in [0.3, 0.4) is 0 Å². The average molecular weight is 224 g/mol. The minimum absolute atomic E-state index is 0.580. The van der Waals surface area contributed by atoms with E-state index in [0.717, 1.165) is 11.8 Å². The average Bonchev–Trinajstić information content (AvgIpc) is 2.66. The molecule has 2 saturated heterocycles. The monoisotopic (exact) mass is 224 g/mol. The van der Waals surface area contributed by atoms with Crippen LogP contribution in [0, 0.1) is 17.3 Å². The highest BCUT2D eigenvalue weighted by molar-refractivity contribution is 4.87. The predicted molar refractivity (Wildman–Crippen MR) is 69.6 cm³/mol. The van der Waals surface area contributed by atoms with Crippen LogP contribution in [0.15, 0.2) is 0 Å². The molecule has 2 aliphatic rings. The van der Waals surface area contributed by atoms with Gasteiger partial charge in [-0.15, -0.1) is 0 Å². The van der Waals surface area contributed by atoms with E-state index in [-0.39, 0.29) is 0 Å². The van der Waals surface area contributed by atoms with E-state index >= 15 is 0 Å². The molecule has 0 aromatic rings. The molecule has 2 fully saturated rings. The first-order valence-corrected chi connectivity index (χ1v) is 7.02. The Balaban J connectivity index is 1.81. The Kier molecular flexibility index (Phi) is 3.91. The second kappa shape index (κ2) is 5.05. The first-order chi connectivity index (χ1) is 7.59. The Bertz CT molecular complexity index is 219. The summed E-state index contributed by atoms with van der Waals surface area (Å²) in [5, 5.41) is 3.47. The zero-order chi connectivity index (χ0) is 11.6. The topological polar surface area (TPSA) is 15.3 Å². The van der Waals surface area contributed by atoms with Crippen LogP contribution in [-0.4, -0.2) is 37.6 Å². The molecule has 0 aromatic carbocycles. The summed E-state index contributed by atoms with van der Waals surface area (Å²) >= 11 is 0. The van der Waals surface area contributed by atoms with Crippen molar-refractivity contribution in [1.82, 2.24) is 10.2 Å². The number of likely N-dealkylation sites (tertiary alicyclic amines) is 1. The molecule has 0 aromatic heterocycles. The van der Waals surface area contributed by atoms with Crippen LogP contribution < -0.4 is 5.32 Å². The van der Waals surface area contributed by atoms with Gasteiger partial charge in [0.1, 0.15) is 0 Å². The molecule has 0 radical (unpaired) electrons. The fourth-order valence-electron chi connectivity index (χ4n) is 3.28. The molecular formula is C14H28N2. The first-order valence-electron chi connectivity index (χ1n) is 7.02. The van der Waals surface area contributed by atoms with E-state index in [2.05, 4.69) is 31.0 Å². The van der Waals surface area contributed by atoms with E-state index in [0.29, 0.717) is 5.41 Å². The highest BCUT2D eigenvalue weighted by atomic mass is 15.2. The second-order valence-corrected chi connectivity index (χ2v) is 6.59. The summed E-state index contributed by atoms with van der Waals surface area (Å²) in [5.74, 6) is 1.82. The lowest BCUT2D eigenvalue weighted by atomic mass is 9.80. The van der Waals surface area contributed by atoms with Crippen LogP contribution in [0.4, 0.5) is 0 Å². The molecule has 1 atom stereocenters. The van der Waals surface area contributed by atoms with E-state index in [9.17, 15) is 0 Å². The molecule has 16 heavy (non-hydrogen) atoms. The van der Waals surface area contributed by atoms with Gasteiger partial charge in [0.15, 0.2) is 0 Å². The van der Waals surface area contributed by atoms with Gasteiger partial charge in [-0.3, -0.25) is 0 Å². The fourth-order valence-corrected chi connectivity index (χ4v) is 3.28. The van der Waals surface area contributed by atoms with Gasteiger partial charge in [0.05, 0.1) is 0 Å². The van der Waals surface area contributed by atoms with Gasteiger partial charge in [0, 0.05) is 13.1 Å². The van der Waals surface area contributed by atoms with E-state index < -0.39 is 0 Å². The molecule has 1 unspecified atom stereocenters. The largest absolute Gasteiger partial charge is 0.317 e. The third kappa shape index (κ3) is 2.98. The van der Waals surface area contributed by atoms with Gasteiger partial charge in [-0.05, 0) is 56.1 Å². The lowest BCUT2D eigenvalue weighted by Gasteiger charge is -2.37. The molecule has 2 heteroatoms. The molecule has 2 nitrogen and oxygen atoms in total. The summed E-state index contributed by atoms with van der Waals surface area (Å²) in [6.07, 6.45) is 4.14. The van der Waals surface area contributed by atoms with Crippen LogP contribution in [-0.2, 0) is 0 Å². The molecule has 0 bridgehead atoms. The molecule has 0 amide bonds. The Morgan fingerprint density at radius 1 is 1.31 bits per heavy atom. The lowest BCUT2D eigenvalue weighted by molar-refractivity contribution is 0.141. The smallest absolute Gasteiger partial charge is 0.00364 e. The summed E-state index contributed by atoms with van der Waals surface area (Å²) in [6.45, 7) is 13.7. The zero-order valence-corrected chi connectivity index (χ0v) is 11.3. The number of rotatable bonds is 3. The number of hydrogen-bond acceptors (Lipinski definition) is 2. The predicted octanol–water partition coefficient (Wildman–Crippen LogP) is 2.35. The maximum Gasteiger partial charge on any atom is 0.00364 e. The van der Waals surface area contributed by atoms with E-state index in [1.807, 2.05) is 0 Å². The fraction of sp³-hybridized carbons (Fsp3) is 1.00. The Hall–Kier alpha value is -0.0800. The van der Waals surface area contributed by atoms with Crippen LogP contribution in [0.2, 0.25) is 0 Å². The van der Waals surface area contributed by atoms with Crippen LogP contribution in [0.1, 0.15) is 40.0 Å². The first kappa shape index (κ1) is 12.4. The van der Waals surface area contributed by atoms with Crippen LogP contribution in [0.5, 0.6) is 0 Å². The maximum atomic E-state index is 3.47. The molecule has 0 aliphatic carbocycles. The highest BCUT2D eigenvalue weighted by Crippen LogP contribution is 2.32. The standard InChI is InChI=1S/C14H28N2/c1-12(2)13-4-9-16(10-13)11-14(3)5-7-15-8-6-14/h12-13,15H,4-11H2,1-3H3. The van der Waals surface area contributed by atoms with Crippen molar-refractivity contribution in [2.45, 2.75) is 40.0 Å². The summed E-state index contributed by atoms with van der Waals surface area (Å²) < 4.78 is 0. The van der Waals surface area contributed by atoms with E-state index in [4.69, 9.17) is 0 Å². The quantitative estimate of drug-likeness (QED) is 0.791. The minimum Gasteiger partial charge on any atom is -0.317 e. The lowest BCUT2D eigenvalue weighted by Crippen LogP contribution is -2.42. The summed E-state index contributed by atoms with van der Waals surface area (Å²) in [6, 6.07) is 0. The Labute approximate surface area is 101 Å². The minimum atomic E-state index is 0.580. The molecule has 0 spiro atoms. The third-order valence-corrected chi connectivity index (χ3v) is 4.67. The summed E-state index contributed by atoms with van der Waals surface area (Å²) in [4.78, 5) is 2.72. The normalized spacial score (nSPS) is 31.1. The van der Waals surface area contributed by atoms with E-state index in [1.165, 1.54) is 52.0 Å². The number of hydrogen-bond donors (Lipinski definition) is 1. The second-order valence-electron chi connectivity index (χ2n) is 6.59. The van der Waals surface area contributed by atoms with Crippen molar-refractivity contribution in [2.24, 2.45) is 17.3 Å². The van der Waals surface area contributed by atoms with Crippen molar-refractivity contribution in [3.8, 4) is 0 Å². The van der Waals surface area contributed by atoms with Crippen molar-refractivity contribution in [3.05, 3.63) is 0 Å². The van der Waals surface area contributed by atoms with Gasteiger partial charge >= 0.3 is 0 Å². The maximum absolute atomic E-state index is 3.47. The number of piperidine rings is 1. The van der Waals surface area contributed by atoms with Crippen molar-refractivity contribution < 1.29 is 0 Å². The van der Waals surface area contributed by atoms with Crippen molar-refractivity contribution in [3.63, 3.8) is 0 Å². The molecule has 2 heterocycles. The van der Waals surface area contributed by atoms with Crippen LogP contribution >= 0.6 is 0 Å². The zero-order valence-electron chi connectivity index (χ0n) is 11.3. The van der Waals surface area contributed by atoms with Crippen LogP contribution in [0.25, 0.3) is 0 Å². The molecule has 2 rings (SSSR count). The number of nitrogens with one attached hydrogen (secondary N) is 1. The van der Waals surface area contributed by atoms with E-state index in [1.54, 1.807) is 0 Å². The van der Waals surface area contributed by atoms with Gasteiger partial charge in [-0.1, -0.05) is 20.8 Å². The van der Waals surface area contributed by atoms with Gasteiger partial charge in [-0.2, -0.15) is 0 Å². The highest BCUT2D eigenvalue weighted by Gasteiger charge is 2.32. The molecule has 0 saturated carbocycles. The van der Waals surface area contributed by atoms with Gasteiger partial charge < -0.3 is 10.2 Å². The van der Waals surface area contributed by atoms with Gasteiger partial charge in [0.25, 0.3) is 0 Å². The van der Waals surface area contributed by atoms with Gasteiger partial charge in [-0.25, -0.2) is 0 Å². The third-order valence-electron chi connectivity index (χ3n) is 4.67.